The van der Waals surface area contributed by atoms with Crippen molar-refractivity contribution in [2.45, 2.75) is 18.9 Å². The van der Waals surface area contributed by atoms with Crippen molar-refractivity contribution in [3.63, 3.8) is 0 Å². The van der Waals surface area contributed by atoms with Gasteiger partial charge in [0.1, 0.15) is 0 Å². The number of hydrogen-bond acceptors (Lipinski definition) is 2. The highest BCUT2D eigenvalue weighted by Crippen LogP contribution is 2.26. The van der Waals surface area contributed by atoms with Crippen molar-refractivity contribution in [1.29, 1.82) is 0 Å². The van der Waals surface area contributed by atoms with Gasteiger partial charge in [0.15, 0.2) is 0 Å². The van der Waals surface area contributed by atoms with Crippen LogP contribution in [-0.2, 0) is 0 Å². The van der Waals surface area contributed by atoms with Gasteiger partial charge in [-0.3, -0.25) is 4.79 Å². The molecule has 2 N–H and O–H groups in total. The van der Waals surface area contributed by atoms with E-state index in [0.717, 1.165) is 17.3 Å². The minimum atomic E-state index is -0.158. The van der Waals surface area contributed by atoms with Gasteiger partial charge in [-0.1, -0.05) is 15.9 Å². The largest absolute Gasteiger partial charge is 0.393 e. The van der Waals surface area contributed by atoms with Crippen molar-refractivity contribution < 1.29 is 9.90 Å². The van der Waals surface area contributed by atoms with Crippen molar-refractivity contribution in [1.82, 2.24) is 5.32 Å². The Morgan fingerprint density at radius 3 is 2.56 bits per heavy atom. The normalized spacial score (nSPS) is 23.6. The minimum Gasteiger partial charge on any atom is -0.393 e. The molecule has 0 spiro atoms. The van der Waals surface area contributed by atoms with Crippen LogP contribution in [-0.4, -0.2) is 23.7 Å². The molecule has 0 radical (unpaired) electrons. The van der Waals surface area contributed by atoms with Gasteiger partial charge in [0, 0.05) is 16.6 Å². The Morgan fingerprint density at radius 2 is 2.00 bits per heavy atom. The first kappa shape index (κ1) is 11.6. The standard InChI is InChI=1S/C12H14BrNO2/c13-10-3-1-9(2-4-10)12(16)14-7-8-5-11(15)6-8/h1-4,8,11,15H,5-7H2,(H,14,16). The summed E-state index contributed by atoms with van der Waals surface area (Å²) in [5.41, 5.74) is 0.670. The summed E-state index contributed by atoms with van der Waals surface area (Å²) in [6, 6.07) is 7.27. The molecule has 0 unspecified atom stereocenters. The fourth-order valence-corrected chi connectivity index (χ4v) is 2.07. The third kappa shape index (κ3) is 2.83. The topological polar surface area (TPSA) is 49.3 Å². The van der Waals surface area contributed by atoms with E-state index in [-0.39, 0.29) is 12.0 Å². The summed E-state index contributed by atoms with van der Waals surface area (Å²) in [5, 5.41) is 12.0. The molecule has 1 fully saturated rings. The van der Waals surface area contributed by atoms with E-state index >= 15 is 0 Å². The molecule has 2 rings (SSSR count). The van der Waals surface area contributed by atoms with Crippen molar-refractivity contribution in [2.24, 2.45) is 5.92 Å². The molecule has 1 aromatic carbocycles. The third-order valence-electron chi connectivity index (χ3n) is 2.87. The highest BCUT2D eigenvalue weighted by molar-refractivity contribution is 9.10. The summed E-state index contributed by atoms with van der Waals surface area (Å²) in [6.07, 6.45) is 1.45. The van der Waals surface area contributed by atoms with Crippen LogP contribution in [0.4, 0.5) is 0 Å². The number of nitrogens with one attached hydrogen (secondary N) is 1. The van der Waals surface area contributed by atoms with Crippen LogP contribution in [0.5, 0.6) is 0 Å². The molecule has 0 aliphatic heterocycles. The number of hydrogen-bond donors (Lipinski definition) is 2. The second-order valence-corrected chi connectivity index (χ2v) is 5.12. The summed E-state index contributed by atoms with van der Waals surface area (Å²) in [6.45, 7) is 0.659. The van der Waals surface area contributed by atoms with Gasteiger partial charge in [-0.15, -0.1) is 0 Å². The summed E-state index contributed by atoms with van der Waals surface area (Å²) in [4.78, 5) is 11.7. The van der Waals surface area contributed by atoms with Gasteiger partial charge < -0.3 is 10.4 Å². The molecule has 16 heavy (non-hydrogen) atoms. The van der Waals surface area contributed by atoms with Crippen molar-refractivity contribution in [2.75, 3.05) is 6.54 Å². The van der Waals surface area contributed by atoms with Gasteiger partial charge in [-0.05, 0) is 43.0 Å². The number of carbonyl (C=O) groups excluding carboxylic acids is 1. The highest BCUT2D eigenvalue weighted by Gasteiger charge is 2.27. The molecule has 0 bridgehead atoms. The lowest BCUT2D eigenvalue weighted by Crippen LogP contribution is -2.38. The molecule has 1 aromatic rings. The first-order chi connectivity index (χ1) is 7.65. The molecular formula is C12H14BrNO2. The van der Waals surface area contributed by atoms with Gasteiger partial charge in [-0.2, -0.15) is 0 Å². The fourth-order valence-electron chi connectivity index (χ4n) is 1.81. The van der Waals surface area contributed by atoms with Gasteiger partial charge in [0.2, 0.25) is 0 Å². The Balaban J connectivity index is 1.81. The van der Waals surface area contributed by atoms with Crippen LogP contribution in [0.1, 0.15) is 23.2 Å². The molecule has 0 atom stereocenters. The molecular weight excluding hydrogens is 270 g/mol. The van der Waals surface area contributed by atoms with Gasteiger partial charge in [0.05, 0.1) is 6.10 Å². The van der Waals surface area contributed by atoms with Crippen LogP contribution < -0.4 is 5.32 Å². The Labute approximate surface area is 103 Å². The molecule has 86 valence electrons. The van der Waals surface area contributed by atoms with Crippen LogP contribution in [0.3, 0.4) is 0 Å². The SMILES string of the molecule is O=C(NCC1CC(O)C1)c1ccc(Br)cc1. The minimum absolute atomic E-state index is 0.0473. The summed E-state index contributed by atoms with van der Waals surface area (Å²) < 4.78 is 0.964. The van der Waals surface area contributed by atoms with E-state index in [1.807, 2.05) is 12.1 Å². The average Bonchev–Trinajstić information content (AvgIpc) is 2.23. The zero-order valence-electron chi connectivity index (χ0n) is 8.82. The summed E-state index contributed by atoms with van der Waals surface area (Å²) in [5.74, 6) is 0.392. The Morgan fingerprint density at radius 1 is 1.38 bits per heavy atom. The first-order valence-electron chi connectivity index (χ1n) is 5.37. The fraction of sp³-hybridized carbons (Fsp3) is 0.417. The van der Waals surface area contributed by atoms with Crippen LogP contribution in [0.15, 0.2) is 28.7 Å². The van der Waals surface area contributed by atoms with E-state index < -0.39 is 0 Å². The molecule has 0 aromatic heterocycles. The van der Waals surface area contributed by atoms with E-state index in [0.29, 0.717) is 18.0 Å². The van der Waals surface area contributed by atoms with Crippen molar-refractivity contribution >= 4 is 21.8 Å². The monoisotopic (exact) mass is 283 g/mol. The zero-order valence-corrected chi connectivity index (χ0v) is 10.4. The van der Waals surface area contributed by atoms with Gasteiger partial charge >= 0.3 is 0 Å². The molecule has 3 nitrogen and oxygen atoms in total. The zero-order chi connectivity index (χ0) is 11.5. The van der Waals surface area contributed by atoms with Gasteiger partial charge in [-0.25, -0.2) is 0 Å². The van der Waals surface area contributed by atoms with Crippen molar-refractivity contribution in [3.8, 4) is 0 Å². The number of halogens is 1. The molecule has 1 aliphatic carbocycles. The third-order valence-corrected chi connectivity index (χ3v) is 3.40. The van der Waals surface area contributed by atoms with Gasteiger partial charge in [0.25, 0.3) is 5.91 Å². The maximum absolute atomic E-state index is 11.7. The van der Waals surface area contributed by atoms with E-state index in [4.69, 9.17) is 5.11 Å². The number of benzene rings is 1. The molecule has 1 amide bonds. The number of rotatable bonds is 3. The molecule has 4 heteroatoms. The maximum atomic E-state index is 11.7. The highest BCUT2D eigenvalue weighted by atomic mass is 79.9. The van der Waals surface area contributed by atoms with Crippen LogP contribution in [0, 0.1) is 5.92 Å². The first-order valence-corrected chi connectivity index (χ1v) is 6.16. The second kappa shape index (κ2) is 4.97. The average molecular weight is 284 g/mol. The Hall–Kier alpha value is -0.870. The van der Waals surface area contributed by atoms with Crippen molar-refractivity contribution in [3.05, 3.63) is 34.3 Å². The number of aliphatic hydroxyl groups is 1. The van der Waals surface area contributed by atoms with E-state index in [1.165, 1.54) is 0 Å². The summed E-state index contributed by atoms with van der Waals surface area (Å²) in [7, 11) is 0. The van der Waals surface area contributed by atoms with E-state index in [1.54, 1.807) is 12.1 Å². The molecule has 1 saturated carbocycles. The van der Waals surface area contributed by atoms with E-state index in [9.17, 15) is 4.79 Å². The Kier molecular flexibility index (Phi) is 3.61. The number of amides is 1. The lowest BCUT2D eigenvalue weighted by molar-refractivity contribution is 0.0420. The smallest absolute Gasteiger partial charge is 0.251 e. The van der Waals surface area contributed by atoms with E-state index in [2.05, 4.69) is 21.2 Å². The molecule has 0 saturated heterocycles. The lowest BCUT2D eigenvalue weighted by atomic mass is 9.82. The Bertz CT molecular complexity index is 371. The number of aliphatic hydroxyl groups excluding tert-OH is 1. The second-order valence-electron chi connectivity index (χ2n) is 4.21. The lowest BCUT2D eigenvalue weighted by Gasteiger charge is -2.31. The van der Waals surface area contributed by atoms with Crippen LogP contribution in [0.25, 0.3) is 0 Å². The quantitative estimate of drug-likeness (QED) is 0.891. The predicted octanol–water partition coefficient (Wildman–Crippen LogP) is 1.95. The molecule has 0 heterocycles. The van der Waals surface area contributed by atoms with Crippen LogP contribution in [0.2, 0.25) is 0 Å². The molecule has 1 aliphatic rings. The number of carbonyl (C=O) groups is 1. The summed E-state index contributed by atoms with van der Waals surface area (Å²) >= 11 is 3.32. The van der Waals surface area contributed by atoms with Crippen LogP contribution >= 0.6 is 15.9 Å². The predicted molar refractivity (Wildman–Crippen MR) is 65.2 cm³/mol. The maximum Gasteiger partial charge on any atom is 0.251 e.